The molecule has 7 heteroatoms. The highest BCUT2D eigenvalue weighted by Gasteiger charge is 2.23. The Morgan fingerprint density at radius 3 is 2.52 bits per heavy atom. The number of hydrogen-bond acceptors (Lipinski definition) is 5. The van der Waals surface area contributed by atoms with Gasteiger partial charge in [0.05, 0.1) is 45.1 Å². The van der Waals surface area contributed by atoms with Crippen LogP contribution in [0.3, 0.4) is 0 Å². The molecule has 1 N–H and O–H groups in total. The molecule has 1 aromatic heterocycles. The van der Waals surface area contributed by atoms with Crippen molar-refractivity contribution in [3.8, 4) is 11.5 Å². The fraction of sp³-hybridized carbons (Fsp3) is 0.364. The topological polar surface area (TPSA) is 56.1 Å². The largest absolute Gasteiger partial charge is 0.494 e. The van der Waals surface area contributed by atoms with Gasteiger partial charge in [-0.05, 0) is 50.2 Å². The van der Waals surface area contributed by atoms with Crippen LogP contribution in [0.2, 0.25) is 0 Å². The Balaban J connectivity index is 1.93. The monoisotopic (exact) mass is 414 g/mol. The van der Waals surface area contributed by atoms with Crippen LogP contribution in [0.15, 0.2) is 42.5 Å². The number of benzene rings is 2. The van der Waals surface area contributed by atoms with Crippen molar-refractivity contribution < 1.29 is 19.2 Å². The number of quaternary nitrogens is 1. The number of nitrogens with one attached hydrogen (secondary N) is 1. The number of likely N-dealkylation sites (N-methyl/N-ethyl adjacent to an activating group) is 1. The molecule has 1 amide bonds. The van der Waals surface area contributed by atoms with E-state index in [0.29, 0.717) is 23.0 Å². The number of thiazole rings is 1. The number of anilines is 1. The molecule has 29 heavy (non-hydrogen) atoms. The summed E-state index contributed by atoms with van der Waals surface area (Å²) >= 11 is 1.50. The van der Waals surface area contributed by atoms with Crippen LogP contribution >= 0.6 is 11.3 Å². The second kappa shape index (κ2) is 9.24. The standard InChI is InChI=1S/C22H27N3O3S/c1-15(2)28-17-11-9-16(10-12-17)21(26)25(14-13-24(3)4)22-23-20-18(27-5)7-6-8-19(20)29-22/h6-12,15H,13-14H2,1-5H3/p+1. The third-order valence-corrected chi connectivity index (χ3v) is 5.42. The SMILES string of the molecule is COc1cccc2sc(N(CC[NH+](C)C)C(=O)c3ccc(OC(C)C)cc3)nc12. The molecule has 0 spiro atoms. The second-order valence-corrected chi connectivity index (χ2v) is 8.42. The van der Waals surface area contributed by atoms with Crippen molar-refractivity contribution in [1.82, 2.24) is 4.98 Å². The van der Waals surface area contributed by atoms with Gasteiger partial charge in [0, 0.05) is 5.56 Å². The molecule has 0 atom stereocenters. The Bertz CT molecular complexity index is 967. The number of fused-ring (bicyclic) bond motifs is 1. The zero-order valence-corrected chi connectivity index (χ0v) is 18.4. The summed E-state index contributed by atoms with van der Waals surface area (Å²) in [5, 5.41) is 0.679. The van der Waals surface area contributed by atoms with E-state index >= 15 is 0 Å². The molecule has 0 radical (unpaired) electrons. The number of carbonyl (C=O) groups is 1. The summed E-state index contributed by atoms with van der Waals surface area (Å²) in [6, 6.07) is 13.1. The van der Waals surface area contributed by atoms with Crippen molar-refractivity contribution in [2.24, 2.45) is 0 Å². The van der Waals surface area contributed by atoms with Gasteiger partial charge in [0.2, 0.25) is 0 Å². The minimum Gasteiger partial charge on any atom is -0.494 e. The van der Waals surface area contributed by atoms with Gasteiger partial charge in [0.1, 0.15) is 17.0 Å². The molecule has 0 aliphatic heterocycles. The number of nitrogens with zero attached hydrogens (tertiary/aromatic N) is 2. The van der Waals surface area contributed by atoms with E-state index in [1.807, 2.05) is 56.3 Å². The van der Waals surface area contributed by atoms with Gasteiger partial charge in [-0.25, -0.2) is 4.98 Å². The minimum atomic E-state index is -0.0691. The summed E-state index contributed by atoms with van der Waals surface area (Å²) in [5.41, 5.74) is 1.40. The summed E-state index contributed by atoms with van der Waals surface area (Å²) in [6.07, 6.45) is 0.0915. The van der Waals surface area contributed by atoms with Crippen LogP contribution < -0.4 is 19.3 Å². The maximum atomic E-state index is 13.3. The zero-order valence-electron chi connectivity index (χ0n) is 17.6. The van der Waals surface area contributed by atoms with Gasteiger partial charge < -0.3 is 14.4 Å². The molecular formula is C22H28N3O3S+. The van der Waals surface area contributed by atoms with Crippen LogP contribution in [0, 0.1) is 0 Å². The van der Waals surface area contributed by atoms with Crippen molar-refractivity contribution in [2.75, 3.05) is 39.2 Å². The first-order valence-electron chi connectivity index (χ1n) is 9.70. The first-order chi connectivity index (χ1) is 13.9. The Morgan fingerprint density at radius 2 is 1.90 bits per heavy atom. The van der Waals surface area contributed by atoms with E-state index in [4.69, 9.17) is 14.5 Å². The molecule has 0 aliphatic rings. The number of amides is 1. The molecule has 0 aliphatic carbocycles. The molecule has 3 rings (SSSR count). The zero-order chi connectivity index (χ0) is 21.0. The van der Waals surface area contributed by atoms with Crippen molar-refractivity contribution >= 4 is 32.6 Å². The van der Waals surface area contributed by atoms with Crippen LogP contribution in [-0.4, -0.2) is 51.3 Å². The van der Waals surface area contributed by atoms with Gasteiger partial charge >= 0.3 is 0 Å². The fourth-order valence-electron chi connectivity index (χ4n) is 2.92. The first kappa shape index (κ1) is 21.1. The van der Waals surface area contributed by atoms with Gasteiger partial charge in [0.15, 0.2) is 5.13 Å². The quantitative estimate of drug-likeness (QED) is 0.616. The Labute approximate surface area is 175 Å². The summed E-state index contributed by atoms with van der Waals surface area (Å²) < 4.78 is 12.1. The van der Waals surface area contributed by atoms with Gasteiger partial charge in [-0.3, -0.25) is 9.69 Å². The lowest BCUT2D eigenvalue weighted by molar-refractivity contribution is -0.856. The van der Waals surface area contributed by atoms with Crippen molar-refractivity contribution in [2.45, 2.75) is 20.0 Å². The maximum absolute atomic E-state index is 13.3. The number of methoxy groups -OCH3 is 1. The van der Waals surface area contributed by atoms with Crippen LogP contribution in [-0.2, 0) is 0 Å². The Kier molecular flexibility index (Phi) is 6.71. The highest BCUT2D eigenvalue weighted by molar-refractivity contribution is 7.22. The van der Waals surface area contributed by atoms with Crippen molar-refractivity contribution in [3.05, 3.63) is 48.0 Å². The molecule has 0 bridgehead atoms. The van der Waals surface area contributed by atoms with Gasteiger partial charge in [0.25, 0.3) is 5.91 Å². The normalized spacial score (nSPS) is 11.3. The predicted octanol–water partition coefficient (Wildman–Crippen LogP) is 2.88. The number of para-hydroxylation sites is 1. The Morgan fingerprint density at radius 1 is 1.17 bits per heavy atom. The molecule has 0 fully saturated rings. The van der Waals surface area contributed by atoms with E-state index in [-0.39, 0.29) is 12.0 Å². The highest BCUT2D eigenvalue weighted by Crippen LogP contribution is 2.34. The molecule has 1 heterocycles. The van der Waals surface area contributed by atoms with E-state index in [2.05, 4.69) is 14.1 Å². The van der Waals surface area contributed by atoms with E-state index in [1.54, 1.807) is 12.0 Å². The highest BCUT2D eigenvalue weighted by atomic mass is 32.1. The summed E-state index contributed by atoms with van der Waals surface area (Å²) in [5.74, 6) is 1.40. The van der Waals surface area contributed by atoms with E-state index in [1.165, 1.54) is 16.2 Å². The number of ether oxygens (including phenoxy) is 2. The number of hydrogen-bond donors (Lipinski definition) is 1. The molecule has 0 saturated carbocycles. The summed E-state index contributed by atoms with van der Waals surface area (Å²) in [4.78, 5) is 21.1. The number of carbonyl (C=O) groups excluding carboxylic acids is 1. The molecular weight excluding hydrogens is 386 g/mol. The fourth-order valence-corrected chi connectivity index (χ4v) is 3.92. The lowest BCUT2D eigenvalue weighted by Crippen LogP contribution is -3.06. The van der Waals surface area contributed by atoms with E-state index in [0.717, 1.165) is 22.5 Å². The lowest BCUT2D eigenvalue weighted by atomic mass is 10.2. The van der Waals surface area contributed by atoms with Gasteiger partial charge in [-0.1, -0.05) is 17.4 Å². The smallest absolute Gasteiger partial charge is 0.260 e. The molecule has 2 aromatic carbocycles. The van der Waals surface area contributed by atoms with Crippen LogP contribution in [0.4, 0.5) is 5.13 Å². The third-order valence-electron chi connectivity index (χ3n) is 4.38. The van der Waals surface area contributed by atoms with Crippen LogP contribution in [0.1, 0.15) is 24.2 Å². The van der Waals surface area contributed by atoms with Crippen molar-refractivity contribution in [3.63, 3.8) is 0 Å². The van der Waals surface area contributed by atoms with Gasteiger partial charge in [-0.2, -0.15) is 0 Å². The van der Waals surface area contributed by atoms with Crippen LogP contribution in [0.25, 0.3) is 10.2 Å². The van der Waals surface area contributed by atoms with Gasteiger partial charge in [-0.15, -0.1) is 0 Å². The molecule has 0 unspecified atom stereocenters. The number of aromatic nitrogens is 1. The molecule has 154 valence electrons. The molecule has 6 nitrogen and oxygen atoms in total. The van der Waals surface area contributed by atoms with Crippen molar-refractivity contribution in [1.29, 1.82) is 0 Å². The average molecular weight is 415 g/mol. The number of rotatable bonds is 8. The maximum Gasteiger partial charge on any atom is 0.260 e. The molecule has 0 saturated heterocycles. The van der Waals surface area contributed by atoms with E-state index in [9.17, 15) is 4.79 Å². The summed E-state index contributed by atoms with van der Waals surface area (Å²) in [6.45, 7) is 5.35. The first-order valence-corrected chi connectivity index (χ1v) is 10.5. The second-order valence-electron chi connectivity index (χ2n) is 7.41. The lowest BCUT2D eigenvalue weighted by Gasteiger charge is -2.21. The molecule has 3 aromatic rings. The van der Waals surface area contributed by atoms with E-state index < -0.39 is 0 Å². The summed E-state index contributed by atoms with van der Waals surface area (Å²) in [7, 11) is 5.77. The van der Waals surface area contributed by atoms with Crippen LogP contribution in [0.5, 0.6) is 11.5 Å². The third kappa shape index (κ3) is 5.05. The average Bonchev–Trinajstić information content (AvgIpc) is 3.11. The Hall–Kier alpha value is -2.64. The minimum absolute atomic E-state index is 0.0691. The predicted molar refractivity (Wildman–Crippen MR) is 118 cm³/mol.